The summed E-state index contributed by atoms with van der Waals surface area (Å²) in [7, 11) is 0. The van der Waals surface area contributed by atoms with Crippen molar-refractivity contribution in [1.29, 1.82) is 0 Å². The summed E-state index contributed by atoms with van der Waals surface area (Å²) < 4.78 is 0. The molecule has 0 radical (unpaired) electrons. The van der Waals surface area contributed by atoms with Gasteiger partial charge in [0.2, 0.25) is 0 Å². The van der Waals surface area contributed by atoms with Crippen LogP contribution in [-0.2, 0) is 10.8 Å². The van der Waals surface area contributed by atoms with Gasteiger partial charge in [0, 0.05) is 45.0 Å². The van der Waals surface area contributed by atoms with E-state index in [-0.39, 0.29) is 24.5 Å². The zero-order valence-electron chi connectivity index (χ0n) is 24.4. The van der Waals surface area contributed by atoms with E-state index >= 15 is 0 Å². The molecule has 38 heavy (non-hydrogen) atoms. The van der Waals surface area contributed by atoms with Gasteiger partial charge in [0.15, 0.2) is 0 Å². The fourth-order valence-electron chi connectivity index (χ4n) is 7.16. The van der Waals surface area contributed by atoms with Gasteiger partial charge in [-0.2, -0.15) is 0 Å². The minimum Gasteiger partial charge on any atom is -0.396 e. The van der Waals surface area contributed by atoms with Crippen molar-refractivity contribution in [2.75, 3.05) is 50.8 Å². The molecule has 1 aliphatic carbocycles. The first kappa shape index (κ1) is 29.0. The fraction of sp³-hybridized carbons (Fsp3) is 0.667. The van der Waals surface area contributed by atoms with E-state index in [0.717, 1.165) is 50.7 Å². The van der Waals surface area contributed by atoms with E-state index in [0.29, 0.717) is 11.8 Å². The largest absolute Gasteiger partial charge is 0.396 e. The van der Waals surface area contributed by atoms with Gasteiger partial charge < -0.3 is 15.1 Å². The maximum atomic E-state index is 9.52. The third-order valence-electron chi connectivity index (χ3n) is 10.3. The van der Waals surface area contributed by atoms with E-state index in [1.165, 1.54) is 44.1 Å². The van der Waals surface area contributed by atoms with E-state index in [1.807, 2.05) is 0 Å². The third-order valence-corrected chi connectivity index (χ3v) is 10.3. The number of hydrogen-bond acceptors (Lipinski definition) is 5. The summed E-state index contributed by atoms with van der Waals surface area (Å²) in [5, 5.41) is 18.7. The zero-order valence-corrected chi connectivity index (χ0v) is 24.4. The first-order chi connectivity index (χ1) is 18.5. The van der Waals surface area contributed by atoms with Crippen LogP contribution in [0.3, 0.4) is 0 Å². The van der Waals surface area contributed by atoms with E-state index in [1.54, 1.807) is 11.1 Å². The number of aromatic nitrogens is 1. The Bertz CT molecular complexity index is 1020. The summed E-state index contributed by atoms with van der Waals surface area (Å²) in [4.78, 5) is 10.1. The molecule has 2 heterocycles. The lowest BCUT2D eigenvalue weighted by Crippen LogP contribution is -2.47. The Morgan fingerprint density at radius 2 is 1.47 bits per heavy atom. The standard InChI is InChI=1S/C33H51N3O2/c1-5-32(6-2)16-17-33(7-3,8-4)29-24-27(12-13-28(29)32)30-10-9-11-31(34-30)36-21-19-35(20-22-36)18-14-26(25-38)15-23-37/h9-13,24,26,37-38H,5-8,14-23,25H2,1-4H3. The lowest BCUT2D eigenvalue weighted by atomic mass is 9.57. The molecule has 0 spiro atoms. The molecule has 0 bridgehead atoms. The molecule has 2 N–H and O–H groups in total. The Labute approximate surface area is 231 Å². The second kappa shape index (κ2) is 12.9. The van der Waals surface area contributed by atoms with Gasteiger partial charge in [-0.25, -0.2) is 4.98 Å². The van der Waals surface area contributed by atoms with Gasteiger partial charge in [0.05, 0.1) is 5.69 Å². The number of nitrogens with zero attached hydrogens (tertiary/aromatic N) is 3. The summed E-state index contributed by atoms with van der Waals surface area (Å²) in [6, 6.07) is 13.8. The molecule has 1 aromatic carbocycles. The SMILES string of the molecule is CCC1(CC)CCC(CC)(CC)c2cc(-c3cccc(N4CCN(CCC(CO)CCO)CC4)n3)ccc21. The van der Waals surface area contributed by atoms with Crippen LogP contribution in [0.15, 0.2) is 36.4 Å². The number of benzene rings is 1. The van der Waals surface area contributed by atoms with Crippen molar-refractivity contribution in [1.82, 2.24) is 9.88 Å². The highest BCUT2D eigenvalue weighted by atomic mass is 16.3. The Morgan fingerprint density at radius 3 is 2.08 bits per heavy atom. The Hall–Kier alpha value is -1.95. The maximum Gasteiger partial charge on any atom is 0.129 e. The summed E-state index contributed by atoms with van der Waals surface area (Å²) in [5.74, 6) is 1.27. The van der Waals surface area contributed by atoms with Crippen molar-refractivity contribution in [2.45, 2.75) is 89.9 Å². The molecule has 1 atom stereocenters. The molecule has 210 valence electrons. The number of hydrogen-bond donors (Lipinski definition) is 2. The molecule has 5 heteroatoms. The van der Waals surface area contributed by atoms with Crippen molar-refractivity contribution < 1.29 is 10.2 Å². The first-order valence-corrected chi connectivity index (χ1v) is 15.3. The van der Waals surface area contributed by atoms with Crippen LogP contribution in [0.1, 0.15) is 90.2 Å². The van der Waals surface area contributed by atoms with E-state index in [2.05, 4.69) is 73.9 Å². The Balaban J connectivity index is 1.52. The van der Waals surface area contributed by atoms with E-state index < -0.39 is 0 Å². The summed E-state index contributed by atoms with van der Waals surface area (Å²) in [6.45, 7) is 14.7. The second-order valence-corrected chi connectivity index (χ2v) is 11.8. The highest BCUT2D eigenvalue weighted by Gasteiger charge is 2.43. The minimum atomic E-state index is 0.154. The molecule has 0 saturated carbocycles. The monoisotopic (exact) mass is 521 g/mol. The molecular formula is C33H51N3O2. The van der Waals surface area contributed by atoms with Gasteiger partial charge in [-0.1, -0.05) is 45.9 Å². The molecule has 2 aromatic rings. The summed E-state index contributed by atoms with van der Waals surface area (Å²) in [6.07, 6.45) is 9.02. The Morgan fingerprint density at radius 1 is 0.816 bits per heavy atom. The van der Waals surface area contributed by atoms with Crippen LogP contribution >= 0.6 is 0 Å². The Kier molecular flexibility index (Phi) is 9.89. The molecule has 5 nitrogen and oxygen atoms in total. The van der Waals surface area contributed by atoms with Crippen LogP contribution in [0, 0.1) is 5.92 Å². The molecular weight excluding hydrogens is 470 g/mol. The molecule has 0 amide bonds. The summed E-state index contributed by atoms with van der Waals surface area (Å²) in [5.41, 5.74) is 6.09. The predicted molar refractivity (Wildman–Crippen MR) is 159 cm³/mol. The molecule has 2 aliphatic rings. The average Bonchev–Trinajstić information content (AvgIpc) is 2.99. The number of aliphatic hydroxyl groups is 2. The number of fused-ring (bicyclic) bond motifs is 1. The van der Waals surface area contributed by atoms with Crippen LogP contribution < -0.4 is 4.90 Å². The maximum absolute atomic E-state index is 9.52. The molecule has 1 aromatic heterocycles. The van der Waals surface area contributed by atoms with Gasteiger partial charge in [0.25, 0.3) is 0 Å². The van der Waals surface area contributed by atoms with E-state index in [9.17, 15) is 10.2 Å². The van der Waals surface area contributed by atoms with Gasteiger partial charge >= 0.3 is 0 Å². The quantitative estimate of drug-likeness (QED) is 0.350. The summed E-state index contributed by atoms with van der Waals surface area (Å²) >= 11 is 0. The van der Waals surface area contributed by atoms with Crippen molar-refractivity contribution in [3.63, 3.8) is 0 Å². The number of anilines is 1. The van der Waals surface area contributed by atoms with Crippen LogP contribution in [-0.4, -0.2) is 66.0 Å². The topological polar surface area (TPSA) is 59.8 Å². The van der Waals surface area contributed by atoms with Crippen LogP contribution in [0.2, 0.25) is 0 Å². The van der Waals surface area contributed by atoms with Crippen molar-refractivity contribution >= 4 is 5.82 Å². The lowest BCUT2D eigenvalue weighted by Gasteiger charge is -2.48. The molecule has 4 rings (SSSR count). The van der Waals surface area contributed by atoms with Crippen molar-refractivity contribution in [2.24, 2.45) is 5.92 Å². The molecule has 1 saturated heterocycles. The fourth-order valence-corrected chi connectivity index (χ4v) is 7.16. The number of rotatable bonds is 12. The minimum absolute atomic E-state index is 0.154. The van der Waals surface area contributed by atoms with Crippen molar-refractivity contribution in [3.8, 4) is 11.3 Å². The number of pyridine rings is 1. The number of aliphatic hydroxyl groups excluding tert-OH is 2. The second-order valence-electron chi connectivity index (χ2n) is 11.8. The highest BCUT2D eigenvalue weighted by molar-refractivity contribution is 5.65. The smallest absolute Gasteiger partial charge is 0.129 e. The molecule has 1 unspecified atom stereocenters. The average molecular weight is 522 g/mol. The van der Waals surface area contributed by atoms with Crippen LogP contribution in [0.5, 0.6) is 0 Å². The normalized spacial score (nSPS) is 19.8. The number of piperazine rings is 1. The van der Waals surface area contributed by atoms with Crippen molar-refractivity contribution in [3.05, 3.63) is 47.5 Å². The molecule has 1 aliphatic heterocycles. The van der Waals surface area contributed by atoms with Crippen LogP contribution in [0.25, 0.3) is 11.3 Å². The van der Waals surface area contributed by atoms with Gasteiger partial charge in [-0.15, -0.1) is 0 Å². The van der Waals surface area contributed by atoms with Gasteiger partial charge in [-0.3, -0.25) is 4.90 Å². The first-order valence-electron chi connectivity index (χ1n) is 15.3. The highest BCUT2D eigenvalue weighted by Crippen LogP contribution is 2.52. The molecule has 1 fully saturated rings. The van der Waals surface area contributed by atoms with Gasteiger partial charge in [0.1, 0.15) is 5.82 Å². The van der Waals surface area contributed by atoms with E-state index in [4.69, 9.17) is 4.98 Å². The van der Waals surface area contributed by atoms with Crippen LogP contribution in [0.4, 0.5) is 5.82 Å². The zero-order chi connectivity index (χ0) is 27.2. The predicted octanol–water partition coefficient (Wildman–Crippen LogP) is 6.16. The lowest BCUT2D eigenvalue weighted by molar-refractivity contribution is 0.156. The van der Waals surface area contributed by atoms with Gasteiger partial charge in [-0.05, 0) is 104 Å². The third kappa shape index (κ3) is 5.80.